The number of hydrogen-bond acceptors (Lipinski definition) is 3. The Morgan fingerprint density at radius 3 is 2.65 bits per heavy atom. The minimum atomic E-state index is 0.402. The summed E-state index contributed by atoms with van der Waals surface area (Å²) in [5.74, 6) is 1.40. The van der Waals surface area contributed by atoms with Gasteiger partial charge in [0.15, 0.2) is 11.5 Å². The molecule has 0 aliphatic carbocycles. The molecule has 0 aromatic heterocycles. The predicted octanol–water partition coefficient (Wildman–Crippen LogP) is 4.04. The molecule has 0 saturated carbocycles. The fourth-order valence-electron chi connectivity index (χ4n) is 1.81. The van der Waals surface area contributed by atoms with Crippen molar-refractivity contribution in [2.45, 2.75) is 11.9 Å². The Morgan fingerprint density at radius 2 is 1.95 bits per heavy atom. The van der Waals surface area contributed by atoms with Gasteiger partial charge in [0.05, 0.1) is 18.7 Å². The first kappa shape index (κ1) is 14.4. The highest BCUT2D eigenvalue weighted by Crippen LogP contribution is 2.29. The molecular formula is C16H14BrNO2. The molecular weight excluding hydrogens is 318 g/mol. The van der Waals surface area contributed by atoms with Crippen LogP contribution in [0.2, 0.25) is 0 Å². The van der Waals surface area contributed by atoms with E-state index in [1.54, 1.807) is 13.2 Å². The molecule has 0 N–H and O–H groups in total. The summed E-state index contributed by atoms with van der Waals surface area (Å²) in [6.07, 6.45) is 0. The number of halogens is 1. The van der Waals surface area contributed by atoms with Crippen molar-refractivity contribution in [3.8, 4) is 17.6 Å². The molecule has 0 radical (unpaired) electrons. The van der Waals surface area contributed by atoms with E-state index in [9.17, 15) is 0 Å². The van der Waals surface area contributed by atoms with E-state index in [0.29, 0.717) is 23.7 Å². The zero-order valence-corrected chi connectivity index (χ0v) is 12.7. The molecule has 0 amide bonds. The third kappa shape index (κ3) is 3.52. The van der Waals surface area contributed by atoms with Crippen LogP contribution in [0.15, 0.2) is 42.5 Å². The third-order valence-electron chi connectivity index (χ3n) is 2.83. The van der Waals surface area contributed by atoms with Crippen molar-refractivity contribution < 1.29 is 9.47 Å². The van der Waals surface area contributed by atoms with Crippen molar-refractivity contribution in [3.63, 3.8) is 0 Å². The molecule has 3 nitrogen and oxygen atoms in total. The van der Waals surface area contributed by atoms with Gasteiger partial charge in [0.2, 0.25) is 0 Å². The number of hydrogen-bond donors (Lipinski definition) is 0. The van der Waals surface area contributed by atoms with Gasteiger partial charge in [0.25, 0.3) is 0 Å². The van der Waals surface area contributed by atoms with Crippen molar-refractivity contribution in [2.24, 2.45) is 0 Å². The summed E-state index contributed by atoms with van der Waals surface area (Å²) in [5.41, 5.74) is 2.71. The minimum absolute atomic E-state index is 0.402. The van der Waals surface area contributed by atoms with Gasteiger partial charge in [0, 0.05) is 5.33 Å². The molecule has 0 spiro atoms. The van der Waals surface area contributed by atoms with Gasteiger partial charge in [-0.05, 0) is 35.4 Å². The molecule has 20 heavy (non-hydrogen) atoms. The number of nitrogens with zero attached hydrogens (tertiary/aromatic N) is 1. The second-order valence-corrected chi connectivity index (χ2v) is 4.78. The van der Waals surface area contributed by atoms with Gasteiger partial charge in [0.1, 0.15) is 6.61 Å². The summed E-state index contributed by atoms with van der Waals surface area (Å²) in [7, 11) is 1.62. The van der Waals surface area contributed by atoms with Gasteiger partial charge < -0.3 is 9.47 Å². The first-order chi connectivity index (χ1) is 9.76. The maximum absolute atomic E-state index is 8.87. The SMILES string of the molecule is COc1cc(CBr)ccc1OCc1cccc(C#N)c1. The molecule has 0 bridgehead atoms. The van der Waals surface area contributed by atoms with E-state index in [2.05, 4.69) is 22.0 Å². The maximum Gasteiger partial charge on any atom is 0.161 e. The van der Waals surface area contributed by atoms with Gasteiger partial charge in [-0.1, -0.05) is 34.1 Å². The molecule has 2 aromatic rings. The van der Waals surface area contributed by atoms with Crippen LogP contribution in [0.5, 0.6) is 11.5 Å². The third-order valence-corrected chi connectivity index (χ3v) is 3.48. The highest BCUT2D eigenvalue weighted by molar-refractivity contribution is 9.08. The van der Waals surface area contributed by atoms with Crippen LogP contribution in [0.25, 0.3) is 0 Å². The maximum atomic E-state index is 8.87. The summed E-state index contributed by atoms with van der Waals surface area (Å²) in [6.45, 7) is 0.402. The topological polar surface area (TPSA) is 42.2 Å². The number of nitriles is 1. The highest BCUT2D eigenvalue weighted by Gasteiger charge is 2.06. The quantitative estimate of drug-likeness (QED) is 0.776. The number of ether oxygens (including phenoxy) is 2. The lowest BCUT2D eigenvalue weighted by Gasteiger charge is -2.11. The Bertz CT molecular complexity index is 635. The molecule has 0 aliphatic rings. The highest BCUT2D eigenvalue weighted by atomic mass is 79.9. The van der Waals surface area contributed by atoms with Crippen LogP contribution < -0.4 is 9.47 Å². The van der Waals surface area contributed by atoms with Crippen LogP contribution in [0, 0.1) is 11.3 Å². The zero-order valence-electron chi connectivity index (χ0n) is 11.1. The molecule has 0 fully saturated rings. The standard InChI is InChI=1S/C16H14BrNO2/c1-19-16-8-12(9-17)5-6-15(16)20-11-14-4-2-3-13(7-14)10-18/h2-8H,9,11H2,1H3. The molecule has 0 heterocycles. The number of benzene rings is 2. The molecule has 0 unspecified atom stereocenters. The van der Waals surface area contributed by atoms with E-state index in [1.807, 2.05) is 36.4 Å². The van der Waals surface area contributed by atoms with Gasteiger partial charge in [-0.2, -0.15) is 5.26 Å². The van der Waals surface area contributed by atoms with Gasteiger partial charge in [-0.15, -0.1) is 0 Å². The lowest BCUT2D eigenvalue weighted by atomic mass is 10.1. The smallest absolute Gasteiger partial charge is 0.161 e. The normalized spacial score (nSPS) is 9.85. The molecule has 0 aliphatic heterocycles. The fraction of sp³-hybridized carbons (Fsp3) is 0.188. The van der Waals surface area contributed by atoms with Crippen LogP contribution in [0.4, 0.5) is 0 Å². The molecule has 4 heteroatoms. The van der Waals surface area contributed by atoms with Crippen molar-refractivity contribution in [1.82, 2.24) is 0 Å². The summed E-state index contributed by atoms with van der Waals surface area (Å²) >= 11 is 3.41. The van der Waals surface area contributed by atoms with Crippen LogP contribution >= 0.6 is 15.9 Å². The van der Waals surface area contributed by atoms with Crippen LogP contribution in [0.3, 0.4) is 0 Å². The average Bonchev–Trinajstić information content (AvgIpc) is 2.52. The van der Waals surface area contributed by atoms with Crippen molar-refractivity contribution >= 4 is 15.9 Å². The van der Waals surface area contributed by atoms with E-state index in [-0.39, 0.29) is 0 Å². The first-order valence-electron chi connectivity index (χ1n) is 6.11. The van der Waals surface area contributed by atoms with E-state index < -0.39 is 0 Å². The van der Waals surface area contributed by atoms with E-state index >= 15 is 0 Å². The van der Waals surface area contributed by atoms with Crippen molar-refractivity contribution in [3.05, 3.63) is 59.2 Å². The molecule has 2 aromatic carbocycles. The van der Waals surface area contributed by atoms with Crippen molar-refractivity contribution in [1.29, 1.82) is 5.26 Å². The molecule has 102 valence electrons. The molecule has 0 saturated heterocycles. The zero-order chi connectivity index (χ0) is 14.4. The number of alkyl halides is 1. The second kappa shape index (κ2) is 6.97. The van der Waals surface area contributed by atoms with Crippen LogP contribution in [0.1, 0.15) is 16.7 Å². The van der Waals surface area contributed by atoms with Gasteiger partial charge in [-0.25, -0.2) is 0 Å². The van der Waals surface area contributed by atoms with E-state index in [1.165, 1.54) is 0 Å². The van der Waals surface area contributed by atoms with E-state index in [0.717, 1.165) is 16.5 Å². The average molecular weight is 332 g/mol. The summed E-state index contributed by atoms with van der Waals surface area (Å²) < 4.78 is 11.1. The lowest BCUT2D eigenvalue weighted by molar-refractivity contribution is 0.284. The Labute approximate surface area is 126 Å². The monoisotopic (exact) mass is 331 g/mol. The Morgan fingerprint density at radius 1 is 1.10 bits per heavy atom. The van der Waals surface area contributed by atoms with Crippen molar-refractivity contribution in [2.75, 3.05) is 7.11 Å². The lowest BCUT2D eigenvalue weighted by Crippen LogP contribution is -1.98. The first-order valence-corrected chi connectivity index (χ1v) is 7.23. The Kier molecular flexibility index (Phi) is 5.03. The van der Waals surface area contributed by atoms with Crippen LogP contribution in [-0.2, 0) is 11.9 Å². The fourth-order valence-corrected chi connectivity index (χ4v) is 2.15. The largest absolute Gasteiger partial charge is 0.493 e. The minimum Gasteiger partial charge on any atom is -0.493 e. The Balaban J connectivity index is 2.12. The number of methoxy groups -OCH3 is 1. The molecule has 0 atom stereocenters. The summed E-state index contributed by atoms with van der Waals surface area (Å²) in [5, 5.41) is 9.64. The molecule has 2 rings (SSSR count). The Hall–Kier alpha value is -1.99. The predicted molar refractivity (Wildman–Crippen MR) is 81.1 cm³/mol. The number of rotatable bonds is 5. The van der Waals surface area contributed by atoms with Gasteiger partial charge >= 0.3 is 0 Å². The summed E-state index contributed by atoms with van der Waals surface area (Å²) in [6, 6.07) is 15.3. The second-order valence-electron chi connectivity index (χ2n) is 4.22. The van der Waals surface area contributed by atoms with Crippen LogP contribution in [-0.4, -0.2) is 7.11 Å². The van der Waals surface area contributed by atoms with E-state index in [4.69, 9.17) is 14.7 Å². The van der Waals surface area contributed by atoms with Gasteiger partial charge in [-0.3, -0.25) is 0 Å². The summed E-state index contributed by atoms with van der Waals surface area (Å²) in [4.78, 5) is 0.